The summed E-state index contributed by atoms with van der Waals surface area (Å²) in [5, 5.41) is 10.5. The second-order valence-electron chi connectivity index (χ2n) is 3.23. The van der Waals surface area contributed by atoms with Crippen molar-refractivity contribution in [2.45, 2.75) is 33.2 Å². The van der Waals surface area contributed by atoms with Gasteiger partial charge in [0.05, 0.1) is 0 Å². The molecule has 0 aromatic carbocycles. The number of allylic oxidation sites excluding steroid dienone is 1. The summed E-state index contributed by atoms with van der Waals surface area (Å²) in [6, 6.07) is 0. The Hall–Kier alpha value is -0.860. The van der Waals surface area contributed by atoms with Crippen molar-refractivity contribution in [2.75, 3.05) is 0 Å². The highest BCUT2D eigenvalue weighted by molar-refractivity contribution is 4.91. The highest BCUT2D eigenvalue weighted by Crippen LogP contribution is 2.20. The van der Waals surface area contributed by atoms with Crippen molar-refractivity contribution in [3.05, 3.63) is 22.3 Å². The standard InChI is InChI=1S/C8H15NO2/c1-5-6-7(2)8(3,4)9(10)11/h5-7H,1-4H3/b6-5+/t7-/m0/s1. The highest BCUT2D eigenvalue weighted by Gasteiger charge is 2.35. The van der Waals surface area contributed by atoms with Crippen LogP contribution in [0.2, 0.25) is 0 Å². The van der Waals surface area contributed by atoms with Crippen molar-refractivity contribution < 1.29 is 4.92 Å². The van der Waals surface area contributed by atoms with Crippen molar-refractivity contribution in [3.63, 3.8) is 0 Å². The van der Waals surface area contributed by atoms with Gasteiger partial charge in [-0.1, -0.05) is 19.1 Å². The predicted octanol–water partition coefficient (Wildman–Crippen LogP) is 2.25. The van der Waals surface area contributed by atoms with E-state index in [0.717, 1.165) is 0 Å². The average molecular weight is 157 g/mol. The molecule has 0 bridgehead atoms. The number of nitrogens with zero attached hydrogens (tertiary/aromatic N) is 1. The lowest BCUT2D eigenvalue weighted by Gasteiger charge is -2.19. The summed E-state index contributed by atoms with van der Waals surface area (Å²) in [6.45, 7) is 6.99. The summed E-state index contributed by atoms with van der Waals surface area (Å²) in [7, 11) is 0. The number of hydrogen-bond acceptors (Lipinski definition) is 2. The van der Waals surface area contributed by atoms with E-state index in [4.69, 9.17) is 0 Å². The highest BCUT2D eigenvalue weighted by atomic mass is 16.6. The molecule has 0 aromatic heterocycles. The quantitative estimate of drug-likeness (QED) is 0.358. The minimum atomic E-state index is -0.855. The molecule has 0 rings (SSSR count). The van der Waals surface area contributed by atoms with Crippen LogP contribution in [0, 0.1) is 16.0 Å². The third-order valence-corrected chi connectivity index (χ3v) is 2.07. The van der Waals surface area contributed by atoms with Crippen LogP contribution in [0.15, 0.2) is 12.2 Å². The molecule has 0 heterocycles. The van der Waals surface area contributed by atoms with Crippen molar-refractivity contribution in [1.29, 1.82) is 0 Å². The van der Waals surface area contributed by atoms with E-state index in [1.807, 2.05) is 26.0 Å². The van der Waals surface area contributed by atoms with Crippen molar-refractivity contribution in [1.82, 2.24) is 0 Å². The molecule has 3 nitrogen and oxygen atoms in total. The summed E-state index contributed by atoms with van der Waals surface area (Å²) in [4.78, 5) is 10.3. The van der Waals surface area contributed by atoms with E-state index < -0.39 is 5.54 Å². The molecule has 0 aliphatic carbocycles. The fourth-order valence-corrected chi connectivity index (χ4v) is 0.690. The molecule has 0 spiro atoms. The van der Waals surface area contributed by atoms with Crippen LogP contribution in [0.25, 0.3) is 0 Å². The number of nitro groups is 1. The first kappa shape index (κ1) is 10.1. The molecule has 0 saturated carbocycles. The molecule has 0 saturated heterocycles. The van der Waals surface area contributed by atoms with Crippen LogP contribution in [0.3, 0.4) is 0 Å². The first-order valence-corrected chi connectivity index (χ1v) is 3.70. The molecule has 0 fully saturated rings. The minimum Gasteiger partial charge on any atom is -0.264 e. The zero-order chi connectivity index (χ0) is 9.07. The normalized spacial score (nSPS) is 15.3. The van der Waals surface area contributed by atoms with Gasteiger partial charge in [-0.2, -0.15) is 0 Å². The molecule has 0 aliphatic rings. The smallest absolute Gasteiger partial charge is 0.222 e. The molecular weight excluding hydrogens is 142 g/mol. The molecule has 1 atom stereocenters. The molecular formula is C8H15NO2. The predicted molar refractivity (Wildman–Crippen MR) is 45.1 cm³/mol. The Kier molecular flexibility index (Phi) is 3.23. The van der Waals surface area contributed by atoms with E-state index in [2.05, 4.69) is 0 Å². The Morgan fingerprint density at radius 1 is 1.55 bits per heavy atom. The zero-order valence-electron chi connectivity index (χ0n) is 7.50. The molecule has 64 valence electrons. The third-order valence-electron chi connectivity index (χ3n) is 2.07. The van der Waals surface area contributed by atoms with E-state index in [-0.39, 0.29) is 10.8 Å². The lowest BCUT2D eigenvalue weighted by molar-refractivity contribution is -0.567. The lowest BCUT2D eigenvalue weighted by Crippen LogP contribution is -2.37. The average Bonchev–Trinajstić information content (AvgIpc) is 1.88. The van der Waals surface area contributed by atoms with Gasteiger partial charge in [0, 0.05) is 24.7 Å². The second-order valence-corrected chi connectivity index (χ2v) is 3.23. The fraction of sp³-hybridized carbons (Fsp3) is 0.750. The van der Waals surface area contributed by atoms with Crippen molar-refractivity contribution >= 4 is 0 Å². The van der Waals surface area contributed by atoms with Gasteiger partial charge in [0.15, 0.2) is 0 Å². The summed E-state index contributed by atoms with van der Waals surface area (Å²) in [6.07, 6.45) is 3.69. The Bertz CT molecular complexity index is 173. The summed E-state index contributed by atoms with van der Waals surface area (Å²) < 4.78 is 0. The second kappa shape index (κ2) is 3.51. The fourth-order valence-electron chi connectivity index (χ4n) is 0.690. The minimum absolute atomic E-state index is 0.0255. The maximum absolute atomic E-state index is 10.5. The summed E-state index contributed by atoms with van der Waals surface area (Å²) >= 11 is 0. The molecule has 11 heavy (non-hydrogen) atoms. The van der Waals surface area contributed by atoms with Crippen LogP contribution in [-0.2, 0) is 0 Å². The van der Waals surface area contributed by atoms with Gasteiger partial charge < -0.3 is 0 Å². The maximum Gasteiger partial charge on any atom is 0.222 e. The van der Waals surface area contributed by atoms with Gasteiger partial charge in [0.1, 0.15) is 0 Å². The molecule has 0 aliphatic heterocycles. The molecule has 0 amide bonds. The van der Waals surface area contributed by atoms with Gasteiger partial charge in [-0.05, 0) is 6.92 Å². The third kappa shape index (κ3) is 2.33. The number of rotatable bonds is 3. The molecule has 0 radical (unpaired) electrons. The molecule has 3 heteroatoms. The van der Waals surface area contributed by atoms with Crippen molar-refractivity contribution in [2.24, 2.45) is 5.92 Å². The van der Waals surface area contributed by atoms with Crippen LogP contribution in [-0.4, -0.2) is 10.5 Å². The maximum atomic E-state index is 10.5. The largest absolute Gasteiger partial charge is 0.264 e. The van der Waals surface area contributed by atoms with Crippen LogP contribution < -0.4 is 0 Å². The van der Waals surface area contributed by atoms with Gasteiger partial charge in [-0.3, -0.25) is 10.1 Å². The van der Waals surface area contributed by atoms with E-state index in [1.54, 1.807) is 13.8 Å². The van der Waals surface area contributed by atoms with Gasteiger partial charge in [-0.25, -0.2) is 0 Å². The molecule has 0 N–H and O–H groups in total. The van der Waals surface area contributed by atoms with E-state index in [9.17, 15) is 10.1 Å². The lowest BCUT2D eigenvalue weighted by atomic mass is 9.89. The Morgan fingerprint density at radius 3 is 2.27 bits per heavy atom. The van der Waals surface area contributed by atoms with Gasteiger partial charge in [0.25, 0.3) is 0 Å². The number of hydrogen-bond donors (Lipinski definition) is 0. The van der Waals surface area contributed by atoms with Gasteiger partial charge in [0.2, 0.25) is 5.54 Å². The van der Waals surface area contributed by atoms with Crippen molar-refractivity contribution in [3.8, 4) is 0 Å². The van der Waals surface area contributed by atoms with Crippen LogP contribution >= 0.6 is 0 Å². The van der Waals surface area contributed by atoms with Gasteiger partial charge >= 0.3 is 0 Å². The molecule has 0 aromatic rings. The summed E-state index contributed by atoms with van der Waals surface area (Å²) in [5.74, 6) is -0.0255. The Labute approximate surface area is 67.3 Å². The monoisotopic (exact) mass is 157 g/mol. The van der Waals surface area contributed by atoms with E-state index in [0.29, 0.717) is 0 Å². The van der Waals surface area contributed by atoms with E-state index in [1.165, 1.54) is 0 Å². The zero-order valence-corrected chi connectivity index (χ0v) is 7.50. The first-order chi connectivity index (χ1) is 4.92. The Morgan fingerprint density at radius 2 is 2.00 bits per heavy atom. The van der Waals surface area contributed by atoms with Crippen LogP contribution in [0.1, 0.15) is 27.7 Å². The van der Waals surface area contributed by atoms with Gasteiger partial charge in [-0.15, -0.1) is 0 Å². The van der Waals surface area contributed by atoms with Crippen LogP contribution in [0.4, 0.5) is 0 Å². The SMILES string of the molecule is C/C=C/[C@H](C)C(C)(C)[N+](=O)[O-]. The molecule has 0 unspecified atom stereocenters. The van der Waals surface area contributed by atoms with E-state index >= 15 is 0 Å². The first-order valence-electron chi connectivity index (χ1n) is 3.70. The summed E-state index contributed by atoms with van der Waals surface area (Å²) in [5.41, 5.74) is -0.855. The topological polar surface area (TPSA) is 43.1 Å². The van der Waals surface area contributed by atoms with Crippen LogP contribution in [0.5, 0.6) is 0 Å². The Balaban J connectivity index is 4.41.